The Balaban J connectivity index is 1.78. The highest BCUT2D eigenvalue weighted by atomic mass is 35.5. The zero-order valence-corrected chi connectivity index (χ0v) is 17.5. The second-order valence-electron chi connectivity index (χ2n) is 6.68. The number of piperazine rings is 1. The highest BCUT2D eigenvalue weighted by Gasteiger charge is 2.23. The van der Waals surface area contributed by atoms with Crippen LogP contribution in [0.4, 0.5) is 0 Å². The van der Waals surface area contributed by atoms with E-state index in [1.165, 1.54) is 0 Å². The zero-order chi connectivity index (χ0) is 19.6. The first-order valence-corrected chi connectivity index (χ1v) is 10.1. The molecule has 1 amide bonds. The molecule has 1 aliphatic rings. The van der Waals surface area contributed by atoms with Gasteiger partial charge in [0.2, 0.25) is 5.91 Å². The van der Waals surface area contributed by atoms with Crippen molar-refractivity contribution in [2.45, 2.75) is 20.3 Å². The van der Waals surface area contributed by atoms with Crippen LogP contribution in [0.2, 0.25) is 5.02 Å². The molecule has 2 rings (SSSR count). The molecule has 1 N–H and O–H groups in total. The molecule has 6 nitrogen and oxygen atoms in total. The summed E-state index contributed by atoms with van der Waals surface area (Å²) in [5.74, 6) is 1.07. The maximum atomic E-state index is 12.6. The molecule has 0 saturated carbocycles. The van der Waals surface area contributed by atoms with Gasteiger partial charge in [-0.15, -0.1) is 0 Å². The number of halogens is 1. The summed E-state index contributed by atoms with van der Waals surface area (Å²) in [6, 6.07) is 7.52. The van der Waals surface area contributed by atoms with Gasteiger partial charge in [-0.3, -0.25) is 9.79 Å². The van der Waals surface area contributed by atoms with Crippen molar-refractivity contribution in [2.75, 3.05) is 59.4 Å². The Labute approximate surface area is 168 Å². The quantitative estimate of drug-likeness (QED) is 0.568. The number of hydrogen-bond donors (Lipinski definition) is 1. The Morgan fingerprint density at radius 1 is 1.19 bits per heavy atom. The summed E-state index contributed by atoms with van der Waals surface area (Å²) in [5.41, 5.74) is 0.962. The van der Waals surface area contributed by atoms with E-state index in [2.05, 4.69) is 34.0 Å². The fraction of sp³-hybridized carbons (Fsp3) is 0.600. The van der Waals surface area contributed by atoms with E-state index in [0.717, 1.165) is 63.9 Å². The average Bonchev–Trinajstić information content (AvgIpc) is 2.68. The summed E-state index contributed by atoms with van der Waals surface area (Å²) in [5, 5.41) is 4.12. The second kappa shape index (κ2) is 11.1. The van der Waals surface area contributed by atoms with Crippen LogP contribution in [0.5, 0.6) is 0 Å². The van der Waals surface area contributed by atoms with Crippen LogP contribution in [0, 0.1) is 0 Å². The van der Waals surface area contributed by atoms with Crippen molar-refractivity contribution in [2.24, 2.45) is 4.99 Å². The predicted molar refractivity (Wildman–Crippen MR) is 112 cm³/mol. The Kier molecular flexibility index (Phi) is 8.88. The van der Waals surface area contributed by atoms with E-state index in [-0.39, 0.29) is 5.91 Å². The van der Waals surface area contributed by atoms with Gasteiger partial charge in [0, 0.05) is 51.3 Å². The SMILES string of the molecule is CCN(CC)CCNC(=NC)N1CCN(C(=O)Cc2cccc(Cl)c2)CC1. The molecule has 150 valence electrons. The third-order valence-electron chi connectivity index (χ3n) is 4.99. The molecular formula is C20H32ClN5O. The monoisotopic (exact) mass is 393 g/mol. The van der Waals surface area contributed by atoms with E-state index in [4.69, 9.17) is 11.6 Å². The van der Waals surface area contributed by atoms with E-state index in [0.29, 0.717) is 11.4 Å². The van der Waals surface area contributed by atoms with Crippen LogP contribution >= 0.6 is 11.6 Å². The zero-order valence-electron chi connectivity index (χ0n) is 16.7. The standard InChI is InChI=1S/C20H32ClN5O/c1-4-24(5-2)10-9-23-20(22-3)26-13-11-25(12-14-26)19(27)16-17-7-6-8-18(21)15-17/h6-8,15H,4-5,9-14,16H2,1-3H3,(H,22,23). The molecule has 1 aliphatic heterocycles. The maximum Gasteiger partial charge on any atom is 0.227 e. The summed E-state index contributed by atoms with van der Waals surface area (Å²) in [6.45, 7) is 11.4. The van der Waals surface area contributed by atoms with E-state index in [1.54, 1.807) is 0 Å². The first kappa shape index (κ1) is 21.5. The first-order valence-electron chi connectivity index (χ1n) is 9.77. The van der Waals surface area contributed by atoms with Gasteiger partial charge >= 0.3 is 0 Å². The molecule has 1 heterocycles. The summed E-state index contributed by atoms with van der Waals surface area (Å²) < 4.78 is 0. The normalized spacial score (nSPS) is 15.4. The fourth-order valence-corrected chi connectivity index (χ4v) is 3.51. The first-order chi connectivity index (χ1) is 13.1. The number of benzene rings is 1. The van der Waals surface area contributed by atoms with E-state index in [9.17, 15) is 4.79 Å². The number of aliphatic imine (C=N–C) groups is 1. The number of guanidine groups is 1. The number of likely N-dealkylation sites (N-methyl/N-ethyl adjacent to an activating group) is 1. The summed E-state index contributed by atoms with van der Waals surface area (Å²) >= 11 is 6.01. The number of carbonyl (C=O) groups excluding carboxylic acids is 1. The molecule has 0 bridgehead atoms. The summed E-state index contributed by atoms with van der Waals surface area (Å²) in [4.78, 5) is 23.5. The minimum absolute atomic E-state index is 0.154. The van der Waals surface area contributed by atoms with Crippen LogP contribution in [0.1, 0.15) is 19.4 Å². The van der Waals surface area contributed by atoms with Gasteiger partial charge in [0.25, 0.3) is 0 Å². The van der Waals surface area contributed by atoms with Crippen molar-refractivity contribution < 1.29 is 4.79 Å². The van der Waals surface area contributed by atoms with E-state index in [1.807, 2.05) is 36.2 Å². The Morgan fingerprint density at radius 3 is 2.44 bits per heavy atom. The molecule has 0 spiro atoms. The largest absolute Gasteiger partial charge is 0.355 e. The fourth-order valence-electron chi connectivity index (χ4n) is 3.30. The topological polar surface area (TPSA) is 51.2 Å². The van der Waals surface area contributed by atoms with Crippen LogP contribution in [-0.2, 0) is 11.2 Å². The lowest BCUT2D eigenvalue weighted by Crippen LogP contribution is -2.54. The molecule has 7 heteroatoms. The molecule has 0 radical (unpaired) electrons. The molecule has 1 aromatic rings. The number of nitrogens with zero attached hydrogens (tertiary/aromatic N) is 4. The molecule has 27 heavy (non-hydrogen) atoms. The lowest BCUT2D eigenvalue weighted by Gasteiger charge is -2.36. The number of nitrogens with one attached hydrogen (secondary N) is 1. The number of rotatable bonds is 7. The maximum absolute atomic E-state index is 12.6. The Bertz CT molecular complexity index is 625. The van der Waals surface area contributed by atoms with Gasteiger partial charge in [0.15, 0.2) is 5.96 Å². The number of hydrogen-bond acceptors (Lipinski definition) is 3. The predicted octanol–water partition coefficient (Wildman–Crippen LogP) is 1.94. The third-order valence-corrected chi connectivity index (χ3v) is 5.23. The van der Waals surface area contributed by atoms with Crippen molar-refractivity contribution in [1.29, 1.82) is 0 Å². The highest BCUT2D eigenvalue weighted by molar-refractivity contribution is 6.30. The molecule has 0 aliphatic carbocycles. The van der Waals surface area contributed by atoms with Gasteiger partial charge in [-0.25, -0.2) is 0 Å². The smallest absolute Gasteiger partial charge is 0.227 e. The van der Waals surface area contributed by atoms with Gasteiger partial charge in [-0.2, -0.15) is 0 Å². The van der Waals surface area contributed by atoms with Crippen molar-refractivity contribution >= 4 is 23.5 Å². The Morgan fingerprint density at radius 2 is 1.85 bits per heavy atom. The van der Waals surface area contributed by atoms with Crippen molar-refractivity contribution in [3.63, 3.8) is 0 Å². The van der Waals surface area contributed by atoms with Gasteiger partial charge in [0.1, 0.15) is 0 Å². The second-order valence-corrected chi connectivity index (χ2v) is 7.11. The average molecular weight is 394 g/mol. The summed E-state index contributed by atoms with van der Waals surface area (Å²) in [7, 11) is 1.82. The molecule has 1 aromatic carbocycles. The van der Waals surface area contributed by atoms with Crippen LogP contribution < -0.4 is 5.32 Å². The van der Waals surface area contributed by atoms with E-state index < -0.39 is 0 Å². The molecule has 1 saturated heterocycles. The van der Waals surface area contributed by atoms with Crippen molar-refractivity contribution in [3.05, 3.63) is 34.9 Å². The third kappa shape index (κ3) is 6.70. The molecular weight excluding hydrogens is 362 g/mol. The van der Waals surface area contributed by atoms with Crippen molar-refractivity contribution in [1.82, 2.24) is 20.0 Å². The minimum Gasteiger partial charge on any atom is -0.355 e. The van der Waals surface area contributed by atoms with Crippen LogP contribution in [0.3, 0.4) is 0 Å². The Hall–Kier alpha value is -1.79. The minimum atomic E-state index is 0.154. The molecule has 1 fully saturated rings. The summed E-state index contributed by atoms with van der Waals surface area (Å²) in [6.07, 6.45) is 0.400. The number of amides is 1. The molecule has 0 unspecified atom stereocenters. The lowest BCUT2D eigenvalue weighted by molar-refractivity contribution is -0.131. The number of carbonyl (C=O) groups is 1. The van der Waals surface area contributed by atoms with Gasteiger partial charge < -0.3 is 20.0 Å². The molecule has 0 aromatic heterocycles. The lowest BCUT2D eigenvalue weighted by atomic mass is 10.1. The van der Waals surface area contributed by atoms with Gasteiger partial charge in [-0.05, 0) is 30.8 Å². The van der Waals surface area contributed by atoms with Crippen molar-refractivity contribution in [3.8, 4) is 0 Å². The van der Waals surface area contributed by atoms with Gasteiger partial charge in [-0.1, -0.05) is 37.6 Å². The van der Waals surface area contributed by atoms with Gasteiger partial charge in [0.05, 0.1) is 6.42 Å². The van der Waals surface area contributed by atoms with Crippen LogP contribution in [-0.4, -0.2) is 86.0 Å². The molecule has 0 atom stereocenters. The van der Waals surface area contributed by atoms with E-state index >= 15 is 0 Å². The van der Waals surface area contributed by atoms with Crippen LogP contribution in [0.25, 0.3) is 0 Å². The van der Waals surface area contributed by atoms with Crippen LogP contribution in [0.15, 0.2) is 29.3 Å². The highest BCUT2D eigenvalue weighted by Crippen LogP contribution is 2.13.